The topological polar surface area (TPSA) is 54.5 Å². The number of carbonyl (C=O) groups excluding carboxylic acids is 1. The number of hydrogen-bond donors (Lipinski definition) is 1. The van der Waals surface area contributed by atoms with Crippen molar-refractivity contribution < 1.29 is 9.53 Å². The van der Waals surface area contributed by atoms with Gasteiger partial charge in [0.05, 0.1) is 0 Å². The van der Waals surface area contributed by atoms with Crippen molar-refractivity contribution in [3.05, 3.63) is 23.9 Å². The number of ether oxygens (including phenoxy) is 1. The Bertz CT molecular complexity index is 516. The van der Waals surface area contributed by atoms with Crippen molar-refractivity contribution in [1.29, 1.82) is 0 Å². The van der Waals surface area contributed by atoms with Gasteiger partial charge in [-0.25, -0.2) is 9.78 Å². The molecule has 0 saturated carbocycles. The van der Waals surface area contributed by atoms with E-state index in [4.69, 9.17) is 4.74 Å². The first-order chi connectivity index (χ1) is 11.4. The van der Waals surface area contributed by atoms with Crippen LogP contribution >= 0.6 is 0 Å². The molecule has 1 amide bonds. The molecule has 1 saturated heterocycles. The van der Waals surface area contributed by atoms with Crippen LogP contribution in [0.1, 0.15) is 71.4 Å². The lowest BCUT2D eigenvalue weighted by atomic mass is 9.99. The van der Waals surface area contributed by atoms with E-state index in [1.54, 1.807) is 4.90 Å². The number of anilines is 1. The van der Waals surface area contributed by atoms with Gasteiger partial charge in [0.15, 0.2) is 0 Å². The third kappa shape index (κ3) is 5.48. The predicted molar refractivity (Wildman–Crippen MR) is 97.3 cm³/mol. The number of hydrogen-bond acceptors (Lipinski definition) is 4. The Kier molecular flexibility index (Phi) is 6.60. The molecule has 0 radical (unpaired) electrons. The summed E-state index contributed by atoms with van der Waals surface area (Å²) >= 11 is 0. The van der Waals surface area contributed by atoms with Gasteiger partial charge in [0.25, 0.3) is 0 Å². The van der Waals surface area contributed by atoms with Crippen molar-refractivity contribution in [3.8, 4) is 0 Å². The van der Waals surface area contributed by atoms with Crippen LogP contribution in [0, 0.1) is 0 Å². The van der Waals surface area contributed by atoms with Crippen LogP contribution in [0.3, 0.4) is 0 Å². The Morgan fingerprint density at radius 2 is 2.17 bits per heavy atom. The zero-order chi connectivity index (χ0) is 17.6. The highest BCUT2D eigenvalue weighted by atomic mass is 16.6. The fourth-order valence-corrected chi connectivity index (χ4v) is 2.83. The number of nitrogens with one attached hydrogen (secondary N) is 1. The zero-order valence-electron chi connectivity index (χ0n) is 15.5. The van der Waals surface area contributed by atoms with Crippen LogP contribution in [0.25, 0.3) is 0 Å². The van der Waals surface area contributed by atoms with Crippen LogP contribution in [-0.2, 0) is 4.74 Å². The summed E-state index contributed by atoms with van der Waals surface area (Å²) in [6, 6.07) is 4.39. The second kappa shape index (κ2) is 8.47. The summed E-state index contributed by atoms with van der Waals surface area (Å²) in [6.07, 6.45) is 7.14. The van der Waals surface area contributed by atoms with Crippen LogP contribution in [0.2, 0.25) is 0 Å². The monoisotopic (exact) mass is 333 g/mol. The molecule has 2 heterocycles. The SMILES string of the molecule is CCCCN(C(=O)OC(C)(C)C)c1ccc([C@@H]2CCCCN2)cn1. The van der Waals surface area contributed by atoms with Crippen molar-refractivity contribution in [2.75, 3.05) is 18.0 Å². The molecule has 134 valence electrons. The molecular weight excluding hydrogens is 302 g/mol. The number of carbonyl (C=O) groups is 1. The molecule has 5 nitrogen and oxygen atoms in total. The van der Waals surface area contributed by atoms with Crippen molar-refractivity contribution in [2.45, 2.75) is 71.4 Å². The first-order valence-electron chi connectivity index (χ1n) is 9.10. The fraction of sp³-hybridized carbons (Fsp3) is 0.684. The average Bonchev–Trinajstić information content (AvgIpc) is 2.55. The number of unbranched alkanes of at least 4 members (excludes halogenated alkanes) is 1. The van der Waals surface area contributed by atoms with Gasteiger partial charge in [0, 0.05) is 18.8 Å². The van der Waals surface area contributed by atoms with E-state index in [0.717, 1.165) is 25.8 Å². The van der Waals surface area contributed by atoms with Gasteiger partial charge in [-0.05, 0) is 58.2 Å². The molecule has 1 aromatic rings. The van der Waals surface area contributed by atoms with Gasteiger partial charge in [-0.15, -0.1) is 0 Å². The second-order valence-electron chi connectivity index (χ2n) is 7.44. The number of pyridine rings is 1. The highest BCUT2D eigenvalue weighted by Crippen LogP contribution is 2.24. The maximum Gasteiger partial charge on any atom is 0.416 e. The number of amides is 1. The first kappa shape index (κ1) is 18.7. The van der Waals surface area contributed by atoms with Crippen LogP contribution in [0.4, 0.5) is 10.6 Å². The predicted octanol–water partition coefficient (Wildman–Crippen LogP) is 4.44. The zero-order valence-corrected chi connectivity index (χ0v) is 15.5. The summed E-state index contributed by atoms with van der Waals surface area (Å²) in [7, 11) is 0. The van der Waals surface area contributed by atoms with E-state index >= 15 is 0 Å². The summed E-state index contributed by atoms with van der Waals surface area (Å²) in [6.45, 7) is 9.45. The summed E-state index contributed by atoms with van der Waals surface area (Å²) in [5.74, 6) is 0.664. The second-order valence-corrected chi connectivity index (χ2v) is 7.44. The molecule has 1 N–H and O–H groups in total. The van der Waals surface area contributed by atoms with E-state index < -0.39 is 5.60 Å². The smallest absolute Gasteiger partial charge is 0.416 e. The normalized spacial score (nSPS) is 18.2. The fourth-order valence-electron chi connectivity index (χ4n) is 2.83. The molecule has 1 aromatic heterocycles. The molecule has 1 aliphatic rings. The number of nitrogens with zero attached hydrogens (tertiary/aromatic N) is 2. The van der Waals surface area contributed by atoms with Gasteiger partial charge in [-0.2, -0.15) is 0 Å². The van der Waals surface area contributed by atoms with Crippen molar-refractivity contribution in [1.82, 2.24) is 10.3 Å². The lowest BCUT2D eigenvalue weighted by Crippen LogP contribution is -2.38. The van der Waals surface area contributed by atoms with Gasteiger partial charge < -0.3 is 10.1 Å². The van der Waals surface area contributed by atoms with E-state index in [9.17, 15) is 4.79 Å². The molecule has 2 rings (SSSR count). The Morgan fingerprint density at radius 1 is 1.38 bits per heavy atom. The third-order valence-corrected chi connectivity index (χ3v) is 4.11. The minimum absolute atomic E-state index is 0.327. The van der Waals surface area contributed by atoms with Crippen molar-refractivity contribution >= 4 is 11.9 Å². The van der Waals surface area contributed by atoms with Crippen LogP contribution in [-0.4, -0.2) is 29.8 Å². The lowest BCUT2D eigenvalue weighted by molar-refractivity contribution is 0.0578. The molecular formula is C19H31N3O2. The van der Waals surface area contributed by atoms with Crippen molar-refractivity contribution in [3.63, 3.8) is 0 Å². The number of aromatic nitrogens is 1. The maximum atomic E-state index is 12.5. The van der Waals surface area contributed by atoms with Crippen LogP contribution < -0.4 is 10.2 Å². The molecule has 5 heteroatoms. The summed E-state index contributed by atoms with van der Waals surface area (Å²) < 4.78 is 5.53. The van der Waals surface area contributed by atoms with Crippen LogP contribution in [0.15, 0.2) is 18.3 Å². The Morgan fingerprint density at radius 3 is 2.71 bits per heavy atom. The minimum atomic E-state index is -0.506. The van der Waals surface area contributed by atoms with E-state index in [0.29, 0.717) is 18.4 Å². The minimum Gasteiger partial charge on any atom is -0.443 e. The van der Waals surface area contributed by atoms with Gasteiger partial charge >= 0.3 is 6.09 Å². The van der Waals surface area contributed by atoms with Gasteiger partial charge in [0.2, 0.25) is 0 Å². The van der Waals surface area contributed by atoms with E-state index in [2.05, 4.69) is 23.3 Å². The molecule has 1 aliphatic heterocycles. The summed E-state index contributed by atoms with van der Waals surface area (Å²) in [5, 5.41) is 3.53. The van der Waals surface area contributed by atoms with E-state index in [1.807, 2.05) is 33.0 Å². The van der Waals surface area contributed by atoms with E-state index in [1.165, 1.54) is 18.4 Å². The van der Waals surface area contributed by atoms with Gasteiger partial charge in [-0.1, -0.05) is 25.8 Å². The van der Waals surface area contributed by atoms with E-state index in [-0.39, 0.29) is 6.09 Å². The van der Waals surface area contributed by atoms with Crippen molar-refractivity contribution in [2.24, 2.45) is 0 Å². The maximum absolute atomic E-state index is 12.5. The third-order valence-electron chi connectivity index (χ3n) is 4.11. The molecule has 0 aliphatic carbocycles. The number of rotatable bonds is 5. The molecule has 0 bridgehead atoms. The molecule has 0 aromatic carbocycles. The highest BCUT2D eigenvalue weighted by Gasteiger charge is 2.24. The average molecular weight is 333 g/mol. The Hall–Kier alpha value is -1.62. The number of piperidine rings is 1. The lowest BCUT2D eigenvalue weighted by Gasteiger charge is -2.27. The molecule has 24 heavy (non-hydrogen) atoms. The Balaban J connectivity index is 2.11. The molecule has 0 unspecified atom stereocenters. The molecule has 0 spiro atoms. The van der Waals surface area contributed by atoms with Crippen LogP contribution in [0.5, 0.6) is 0 Å². The Labute approximate surface area is 145 Å². The molecule has 1 fully saturated rings. The van der Waals surface area contributed by atoms with Gasteiger partial charge in [0.1, 0.15) is 11.4 Å². The molecule has 1 atom stereocenters. The first-order valence-corrected chi connectivity index (χ1v) is 9.10. The quantitative estimate of drug-likeness (QED) is 0.865. The standard InChI is InChI=1S/C19H31N3O2/c1-5-6-13-22(18(23)24-19(2,3)4)17-11-10-15(14-21-17)16-9-7-8-12-20-16/h10-11,14,16,20H,5-9,12-13H2,1-4H3/t16-/m0/s1. The van der Waals surface area contributed by atoms with Gasteiger partial charge in [-0.3, -0.25) is 4.90 Å². The highest BCUT2D eigenvalue weighted by molar-refractivity contribution is 5.86. The summed E-state index contributed by atoms with van der Waals surface area (Å²) in [4.78, 5) is 18.7. The summed E-state index contributed by atoms with van der Waals surface area (Å²) in [5.41, 5.74) is 0.686. The largest absolute Gasteiger partial charge is 0.443 e.